The van der Waals surface area contributed by atoms with E-state index in [1.54, 1.807) is 30.3 Å². The molecule has 1 aromatic carbocycles. The van der Waals surface area contributed by atoms with Gasteiger partial charge in [-0.2, -0.15) is 8.78 Å². The first-order valence-corrected chi connectivity index (χ1v) is 6.88. The molecule has 0 saturated heterocycles. The van der Waals surface area contributed by atoms with Crippen molar-refractivity contribution in [3.05, 3.63) is 59.9 Å². The van der Waals surface area contributed by atoms with Crippen molar-refractivity contribution < 1.29 is 27.1 Å². The maximum absolute atomic E-state index is 13.3. The summed E-state index contributed by atoms with van der Waals surface area (Å²) in [5.74, 6) is -6.59. The van der Waals surface area contributed by atoms with Gasteiger partial charge in [0.25, 0.3) is 5.91 Å². The van der Waals surface area contributed by atoms with Crippen LogP contribution in [0, 0.1) is 0 Å². The fourth-order valence-electron chi connectivity index (χ4n) is 2.09. The van der Waals surface area contributed by atoms with Crippen LogP contribution in [0.15, 0.2) is 48.7 Å². The number of benzene rings is 1. The molecule has 4 nitrogen and oxygen atoms in total. The van der Waals surface area contributed by atoms with Gasteiger partial charge in [-0.25, -0.2) is 8.78 Å². The van der Waals surface area contributed by atoms with Crippen LogP contribution in [0.5, 0.6) is 5.75 Å². The Morgan fingerprint density at radius 3 is 2.42 bits per heavy atom. The van der Waals surface area contributed by atoms with Gasteiger partial charge in [-0.05, 0) is 18.2 Å². The zero-order valence-corrected chi connectivity index (χ0v) is 12.5. The molecule has 0 aliphatic carbocycles. The second kappa shape index (κ2) is 7.29. The highest BCUT2D eigenvalue weighted by molar-refractivity contribution is 5.84. The Kier molecular flexibility index (Phi) is 5.38. The Morgan fingerprint density at radius 2 is 1.83 bits per heavy atom. The molecule has 1 N–H and O–H groups in total. The summed E-state index contributed by atoms with van der Waals surface area (Å²) >= 11 is 0. The van der Waals surface area contributed by atoms with Gasteiger partial charge in [-0.15, -0.1) is 0 Å². The zero-order chi connectivity index (χ0) is 17.7. The second-order valence-electron chi connectivity index (χ2n) is 4.83. The van der Waals surface area contributed by atoms with Crippen molar-refractivity contribution >= 4 is 5.91 Å². The van der Waals surface area contributed by atoms with Gasteiger partial charge in [0.2, 0.25) is 0 Å². The summed E-state index contributed by atoms with van der Waals surface area (Å²) in [6.07, 6.45) is -2.71. The third kappa shape index (κ3) is 3.64. The molecule has 2 aromatic rings. The Balaban J connectivity index is 2.44. The molecule has 0 radical (unpaired) electrons. The van der Waals surface area contributed by atoms with Gasteiger partial charge in [-0.1, -0.05) is 24.3 Å². The van der Waals surface area contributed by atoms with Gasteiger partial charge >= 0.3 is 12.3 Å². The SMILES string of the molecule is COc1ccccc1C(NC(=O)C(F)(F)C(F)F)c1ccccn1. The lowest BCUT2D eigenvalue weighted by Crippen LogP contribution is -2.46. The van der Waals surface area contributed by atoms with E-state index in [-0.39, 0.29) is 5.69 Å². The van der Waals surface area contributed by atoms with Gasteiger partial charge in [-0.3, -0.25) is 9.78 Å². The topological polar surface area (TPSA) is 51.2 Å². The standard InChI is InChI=1S/C16H14F4N2O2/c1-24-12-8-3-2-6-10(12)13(11-7-4-5-9-21-11)22-15(23)16(19,20)14(17)18/h2-9,13-14H,1H3,(H,22,23). The average molecular weight is 342 g/mol. The minimum atomic E-state index is -4.81. The van der Waals surface area contributed by atoms with Crippen LogP contribution in [0.3, 0.4) is 0 Å². The fraction of sp³-hybridized carbons (Fsp3) is 0.250. The third-order valence-electron chi connectivity index (χ3n) is 3.29. The number of hydrogen-bond acceptors (Lipinski definition) is 3. The predicted molar refractivity (Wildman–Crippen MR) is 78.2 cm³/mol. The Labute approximate surface area is 135 Å². The molecule has 8 heteroatoms. The minimum Gasteiger partial charge on any atom is -0.496 e. The number of nitrogens with zero attached hydrogens (tertiary/aromatic N) is 1. The summed E-state index contributed by atoms with van der Waals surface area (Å²) in [5.41, 5.74) is 0.525. The summed E-state index contributed by atoms with van der Waals surface area (Å²) in [4.78, 5) is 15.7. The van der Waals surface area contributed by atoms with Gasteiger partial charge in [0.05, 0.1) is 12.8 Å². The normalized spacial score (nSPS) is 12.8. The smallest absolute Gasteiger partial charge is 0.383 e. The quantitative estimate of drug-likeness (QED) is 0.821. The number of alkyl halides is 4. The molecule has 1 amide bonds. The number of pyridine rings is 1. The average Bonchev–Trinajstić information content (AvgIpc) is 2.60. The van der Waals surface area contributed by atoms with Crippen LogP contribution in [-0.2, 0) is 4.79 Å². The molecular formula is C16H14F4N2O2. The highest BCUT2D eigenvalue weighted by Gasteiger charge is 2.49. The van der Waals surface area contributed by atoms with E-state index in [0.29, 0.717) is 11.3 Å². The number of para-hydroxylation sites is 1. The van der Waals surface area contributed by atoms with Crippen LogP contribution in [0.1, 0.15) is 17.3 Å². The number of amides is 1. The van der Waals surface area contributed by atoms with E-state index in [9.17, 15) is 22.4 Å². The van der Waals surface area contributed by atoms with Gasteiger partial charge in [0, 0.05) is 11.8 Å². The van der Waals surface area contributed by atoms with E-state index in [1.165, 1.54) is 25.4 Å². The van der Waals surface area contributed by atoms with Crippen molar-refractivity contribution in [3.8, 4) is 5.75 Å². The lowest BCUT2D eigenvalue weighted by atomic mass is 10.0. The maximum Gasteiger partial charge on any atom is 0.383 e. The Hall–Kier alpha value is -2.64. The highest BCUT2D eigenvalue weighted by Crippen LogP contribution is 2.31. The zero-order valence-electron chi connectivity index (χ0n) is 12.5. The lowest BCUT2D eigenvalue weighted by molar-refractivity contribution is -0.170. The van der Waals surface area contributed by atoms with Gasteiger partial charge in [0.1, 0.15) is 11.8 Å². The summed E-state index contributed by atoms with van der Waals surface area (Å²) in [6, 6.07) is 9.83. The van der Waals surface area contributed by atoms with Crippen molar-refractivity contribution in [1.82, 2.24) is 10.3 Å². The molecule has 0 spiro atoms. The lowest BCUT2D eigenvalue weighted by Gasteiger charge is -2.23. The molecule has 24 heavy (non-hydrogen) atoms. The minimum absolute atomic E-state index is 0.209. The molecular weight excluding hydrogens is 328 g/mol. The van der Waals surface area contributed by atoms with Crippen LogP contribution >= 0.6 is 0 Å². The van der Waals surface area contributed by atoms with E-state index in [2.05, 4.69) is 4.98 Å². The number of carbonyl (C=O) groups is 1. The number of hydrogen-bond donors (Lipinski definition) is 1. The molecule has 0 saturated carbocycles. The van der Waals surface area contributed by atoms with Gasteiger partial charge in [0.15, 0.2) is 0 Å². The van der Waals surface area contributed by atoms with Crippen LogP contribution < -0.4 is 10.1 Å². The van der Waals surface area contributed by atoms with E-state index in [0.717, 1.165) is 0 Å². The number of nitrogens with one attached hydrogen (secondary N) is 1. The molecule has 1 aromatic heterocycles. The molecule has 1 unspecified atom stereocenters. The number of carbonyl (C=O) groups excluding carboxylic acids is 1. The molecule has 1 atom stereocenters. The number of rotatable bonds is 6. The fourth-order valence-corrected chi connectivity index (χ4v) is 2.09. The van der Waals surface area contributed by atoms with Crippen LogP contribution in [-0.4, -0.2) is 30.3 Å². The summed E-state index contributed by atoms with van der Waals surface area (Å²) in [7, 11) is 1.36. The third-order valence-corrected chi connectivity index (χ3v) is 3.29. The van der Waals surface area contributed by atoms with Gasteiger partial charge < -0.3 is 10.1 Å². The molecule has 128 valence electrons. The van der Waals surface area contributed by atoms with Crippen molar-refractivity contribution in [3.63, 3.8) is 0 Å². The van der Waals surface area contributed by atoms with Crippen LogP contribution in [0.2, 0.25) is 0 Å². The number of halogens is 4. The molecule has 0 aliphatic heterocycles. The Morgan fingerprint density at radius 1 is 1.17 bits per heavy atom. The molecule has 0 bridgehead atoms. The summed E-state index contributed by atoms with van der Waals surface area (Å²) in [6.45, 7) is 0. The molecule has 2 rings (SSSR count). The van der Waals surface area contributed by atoms with Crippen molar-refractivity contribution in [2.45, 2.75) is 18.4 Å². The first-order valence-electron chi connectivity index (χ1n) is 6.88. The predicted octanol–water partition coefficient (Wildman–Crippen LogP) is 3.20. The first kappa shape index (κ1) is 17.7. The second-order valence-corrected chi connectivity index (χ2v) is 4.83. The monoisotopic (exact) mass is 342 g/mol. The van der Waals surface area contributed by atoms with Crippen molar-refractivity contribution in [2.24, 2.45) is 0 Å². The summed E-state index contributed by atoms with van der Waals surface area (Å²) < 4.78 is 56.6. The van der Waals surface area contributed by atoms with E-state index in [1.807, 2.05) is 5.32 Å². The van der Waals surface area contributed by atoms with Crippen molar-refractivity contribution in [1.29, 1.82) is 0 Å². The largest absolute Gasteiger partial charge is 0.496 e. The van der Waals surface area contributed by atoms with E-state index in [4.69, 9.17) is 4.74 Å². The number of aromatic nitrogens is 1. The van der Waals surface area contributed by atoms with Crippen molar-refractivity contribution in [2.75, 3.05) is 7.11 Å². The van der Waals surface area contributed by atoms with E-state index >= 15 is 0 Å². The molecule has 0 fully saturated rings. The maximum atomic E-state index is 13.3. The molecule has 0 aliphatic rings. The molecule has 1 heterocycles. The number of ether oxygens (including phenoxy) is 1. The first-order chi connectivity index (χ1) is 11.4. The van der Waals surface area contributed by atoms with Crippen LogP contribution in [0.4, 0.5) is 17.6 Å². The Bertz CT molecular complexity index is 695. The highest BCUT2D eigenvalue weighted by atomic mass is 19.3. The summed E-state index contributed by atoms with van der Waals surface area (Å²) in [5, 5.41) is 1.93. The number of methoxy groups -OCH3 is 1. The van der Waals surface area contributed by atoms with Crippen LogP contribution in [0.25, 0.3) is 0 Å². The van der Waals surface area contributed by atoms with E-state index < -0.39 is 24.3 Å².